The van der Waals surface area contributed by atoms with E-state index in [0.29, 0.717) is 12.3 Å². The molecule has 0 radical (unpaired) electrons. The van der Waals surface area contributed by atoms with Gasteiger partial charge in [0.25, 0.3) is 11.6 Å². The van der Waals surface area contributed by atoms with Crippen LogP contribution in [0.15, 0.2) is 24.3 Å². The number of unbranched alkanes of at least 4 members (excludes halogenated alkanes) is 1. The molecule has 0 aromatic heterocycles. The highest BCUT2D eigenvalue weighted by Crippen LogP contribution is 2.16. The predicted molar refractivity (Wildman–Crippen MR) is 66.5 cm³/mol. The summed E-state index contributed by atoms with van der Waals surface area (Å²) in [6, 6.07) is 5.61. The molecule has 0 aliphatic carbocycles. The molecule has 0 spiro atoms. The van der Waals surface area contributed by atoms with Crippen molar-refractivity contribution in [3.63, 3.8) is 0 Å². The zero-order valence-corrected chi connectivity index (χ0v) is 10.2. The van der Waals surface area contributed by atoms with Gasteiger partial charge in [-0.3, -0.25) is 14.9 Å². The van der Waals surface area contributed by atoms with Gasteiger partial charge in [-0.1, -0.05) is 13.3 Å². The van der Waals surface area contributed by atoms with Crippen LogP contribution in [0, 0.1) is 10.1 Å². The number of nitrogens with one attached hydrogen (secondary N) is 1. The van der Waals surface area contributed by atoms with Crippen molar-refractivity contribution in [3.8, 4) is 5.75 Å². The monoisotopic (exact) mass is 252 g/mol. The molecule has 0 heterocycles. The molecule has 0 fully saturated rings. The Kier molecular flexibility index (Phi) is 5.63. The van der Waals surface area contributed by atoms with E-state index in [0.717, 1.165) is 12.8 Å². The van der Waals surface area contributed by atoms with Crippen LogP contribution in [-0.2, 0) is 4.79 Å². The molecule has 0 saturated carbocycles. The van der Waals surface area contributed by atoms with Gasteiger partial charge in [0, 0.05) is 18.7 Å². The fourth-order valence-electron chi connectivity index (χ4n) is 1.27. The molecule has 18 heavy (non-hydrogen) atoms. The van der Waals surface area contributed by atoms with E-state index >= 15 is 0 Å². The molecule has 1 aromatic rings. The zero-order valence-electron chi connectivity index (χ0n) is 10.2. The number of hydrogen-bond acceptors (Lipinski definition) is 4. The third-order valence-corrected chi connectivity index (χ3v) is 2.27. The van der Waals surface area contributed by atoms with Crippen LogP contribution in [0.4, 0.5) is 5.69 Å². The third kappa shape index (κ3) is 4.82. The molecule has 1 N–H and O–H groups in total. The van der Waals surface area contributed by atoms with Gasteiger partial charge >= 0.3 is 0 Å². The number of rotatable bonds is 7. The number of hydrogen-bond donors (Lipinski definition) is 1. The van der Waals surface area contributed by atoms with Crippen LogP contribution in [0.3, 0.4) is 0 Å². The van der Waals surface area contributed by atoms with Gasteiger partial charge in [-0.2, -0.15) is 0 Å². The number of nitrogens with zero attached hydrogens (tertiary/aromatic N) is 1. The van der Waals surface area contributed by atoms with Gasteiger partial charge in [-0.15, -0.1) is 0 Å². The normalized spacial score (nSPS) is 9.83. The quantitative estimate of drug-likeness (QED) is 0.456. The fourth-order valence-corrected chi connectivity index (χ4v) is 1.27. The van der Waals surface area contributed by atoms with E-state index < -0.39 is 4.92 Å². The topological polar surface area (TPSA) is 81.5 Å². The predicted octanol–water partition coefficient (Wildman–Crippen LogP) is 1.89. The van der Waals surface area contributed by atoms with Gasteiger partial charge in [0.05, 0.1) is 4.92 Å². The summed E-state index contributed by atoms with van der Waals surface area (Å²) in [6.07, 6.45) is 1.95. The number of ether oxygens (including phenoxy) is 1. The summed E-state index contributed by atoms with van der Waals surface area (Å²) < 4.78 is 5.20. The Labute approximate surface area is 105 Å². The molecule has 0 aliphatic rings. The molecule has 6 heteroatoms. The largest absolute Gasteiger partial charge is 0.484 e. The lowest BCUT2D eigenvalue weighted by atomic mass is 10.3. The summed E-state index contributed by atoms with van der Waals surface area (Å²) in [5.41, 5.74) is -0.00486. The van der Waals surface area contributed by atoms with Crippen molar-refractivity contribution >= 4 is 11.6 Å². The molecule has 0 saturated heterocycles. The Bertz CT molecular complexity index is 403. The molecule has 0 aliphatic heterocycles. The Morgan fingerprint density at radius 2 is 2.06 bits per heavy atom. The Morgan fingerprint density at radius 3 is 2.61 bits per heavy atom. The second kappa shape index (κ2) is 7.26. The summed E-state index contributed by atoms with van der Waals surface area (Å²) in [5, 5.41) is 13.1. The molecule has 0 atom stereocenters. The van der Waals surface area contributed by atoms with Gasteiger partial charge in [0.1, 0.15) is 5.75 Å². The molecular formula is C12H16N2O4. The van der Waals surface area contributed by atoms with Crippen molar-refractivity contribution in [3.05, 3.63) is 34.4 Å². The minimum atomic E-state index is -0.485. The minimum absolute atomic E-state index is 0.00486. The van der Waals surface area contributed by atoms with E-state index in [-0.39, 0.29) is 18.2 Å². The molecule has 1 rings (SSSR count). The van der Waals surface area contributed by atoms with Crippen molar-refractivity contribution < 1.29 is 14.5 Å². The number of carbonyl (C=O) groups excluding carboxylic acids is 1. The molecule has 0 bridgehead atoms. The van der Waals surface area contributed by atoms with Gasteiger partial charge in [-0.25, -0.2) is 0 Å². The van der Waals surface area contributed by atoms with Crippen LogP contribution in [0.5, 0.6) is 5.75 Å². The second-order valence-electron chi connectivity index (χ2n) is 3.74. The average Bonchev–Trinajstić information content (AvgIpc) is 2.37. The summed E-state index contributed by atoms with van der Waals surface area (Å²) in [6.45, 7) is 2.60. The number of amides is 1. The van der Waals surface area contributed by atoms with Crippen LogP contribution >= 0.6 is 0 Å². The van der Waals surface area contributed by atoms with E-state index in [2.05, 4.69) is 5.32 Å². The van der Waals surface area contributed by atoms with Crippen LogP contribution < -0.4 is 10.1 Å². The van der Waals surface area contributed by atoms with Crippen molar-refractivity contribution in [2.24, 2.45) is 0 Å². The number of nitro groups is 1. The van der Waals surface area contributed by atoms with Crippen molar-refractivity contribution in [2.45, 2.75) is 19.8 Å². The lowest BCUT2D eigenvalue weighted by Gasteiger charge is -2.06. The highest BCUT2D eigenvalue weighted by atomic mass is 16.6. The van der Waals surface area contributed by atoms with E-state index in [4.69, 9.17) is 4.74 Å². The molecule has 6 nitrogen and oxygen atoms in total. The Balaban J connectivity index is 2.34. The molecule has 0 unspecified atom stereocenters. The maximum Gasteiger partial charge on any atom is 0.269 e. The Morgan fingerprint density at radius 1 is 1.39 bits per heavy atom. The van der Waals surface area contributed by atoms with E-state index in [1.165, 1.54) is 24.3 Å². The van der Waals surface area contributed by atoms with Crippen molar-refractivity contribution in [1.82, 2.24) is 5.32 Å². The molecule has 1 amide bonds. The lowest BCUT2D eigenvalue weighted by Crippen LogP contribution is -2.29. The highest BCUT2D eigenvalue weighted by molar-refractivity contribution is 5.77. The van der Waals surface area contributed by atoms with Crippen LogP contribution in [0.2, 0.25) is 0 Å². The number of non-ortho nitro benzene ring substituents is 1. The van der Waals surface area contributed by atoms with E-state index in [1.54, 1.807) is 0 Å². The van der Waals surface area contributed by atoms with Gasteiger partial charge in [-0.05, 0) is 18.6 Å². The standard InChI is InChI=1S/C12H16N2O4/c1-2-3-8-13-12(15)9-18-11-6-4-10(5-7-11)14(16)17/h4-7H,2-3,8-9H2,1H3,(H,13,15). The summed E-state index contributed by atoms with van der Waals surface area (Å²) in [5.74, 6) is 0.244. The maximum atomic E-state index is 11.3. The van der Waals surface area contributed by atoms with Crippen LogP contribution in [0.25, 0.3) is 0 Å². The number of carbonyl (C=O) groups is 1. The minimum Gasteiger partial charge on any atom is -0.484 e. The first-order valence-corrected chi connectivity index (χ1v) is 5.77. The second-order valence-corrected chi connectivity index (χ2v) is 3.74. The van der Waals surface area contributed by atoms with Crippen LogP contribution in [-0.4, -0.2) is 24.0 Å². The van der Waals surface area contributed by atoms with E-state index in [9.17, 15) is 14.9 Å². The van der Waals surface area contributed by atoms with Crippen molar-refractivity contribution in [1.29, 1.82) is 0 Å². The molecule has 98 valence electrons. The first-order chi connectivity index (χ1) is 8.63. The van der Waals surface area contributed by atoms with Crippen molar-refractivity contribution in [2.75, 3.05) is 13.2 Å². The third-order valence-electron chi connectivity index (χ3n) is 2.27. The average molecular weight is 252 g/mol. The smallest absolute Gasteiger partial charge is 0.269 e. The molecule has 1 aromatic carbocycles. The summed E-state index contributed by atoms with van der Waals surface area (Å²) >= 11 is 0. The number of nitro benzene ring substituents is 1. The SMILES string of the molecule is CCCCNC(=O)COc1ccc([N+](=O)[O-])cc1. The number of benzene rings is 1. The van der Waals surface area contributed by atoms with Gasteiger partial charge in [0.2, 0.25) is 0 Å². The van der Waals surface area contributed by atoms with Gasteiger partial charge in [0.15, 0.2) is 6.61 Å². The van der Waals surface area contributed by atoms with E-state index in [1.807, 2.05) is 6.92 Å². The highest BCUT2D eigenvalue weighted by Gasteiger charge is 2.06. The first-order valence-electron chi connectivity index (χ1n) is 5.77. The van der Waals surface area contributed by atoms with Gasteiger partial charge < -0.3 is 10.1 Å². The van der Waals surface area contributed by atoms with Crippen LogP contribution in [0.1, 0.15) is 19.8 Å². The lowest BCUT2D eigenvalue weighted by molar-refractivity contribution is -0.384. The molecular weight excluding hydrogens is 236 g/mol. The summed E-state index contributed by atoms with van der Waals surface area (Å²) in [4.78, 5) is 21.3. The first kappa shape index (κ1) is 14.0. The fraction of sp³-hybridized carbons (Fsp3) is 0.417. The maximum absolute atomic E-state index is 11.3. The summed E-state index contributed by atoms with van der Waals surface area (Å²) in [7, 11) is 0. The Hall–Kier alpha value is -2.11. The zero-order chi connectivity index (χ0) is 13.4.